The average molecular weight is 527 g/mol. The molecule has 1 aromatic heterocycles. The van der Waals surface area contributed by atoms with Gasteiger partial charge in [-0.05, 0) is 61.4 Å². The molecule has 0 aliphatic rings. The number of halogens is 2. The van der Waals surface area contributed by atoms with E-state index in [-0.39, 0.29) is 22.4 Å². The van der Waals surface area contributed by atoms with E-state index in [0.717, 1.165) is 0 Å². The maximum Gasteiger partial charge on any atom is 0.218 e. The minimum absolute atomic E-state index is 0.000752. The molecule has 0 saturated heterocycles. The van der Waals surface area contributed by atoms with Crippen molar-refractivity contribution >= 4 is 29.5 Å². The molecule has 1 N–H and O–H groups in total. The lowest BCUT2D eigenvalue weighted by molar-refractivity contribution is -0.106. The Balaban J connectivity index is 2.02. The van der Waals surface area contributed by atoms with Crippen molar-refractivity contribution in [3.8, 4) is 28.0 Å². The van der Waals surface area contributed by atoms with Gasteiger partial charge >= 0.3 is 0 Å². The van der Waals surface area contributed by atoms with E-state index in [9.17, 15) is 14.3 Å². The van der Waals surface area contributed by atoms with Gasteiger partial charge in [-0.15, -0.1) is 0 Å². The summed E-state index contributed by atoms with van der Waals surface area (Å²) < 4.78 is 20.2. The van der Waals surface area contributed by atoms with Crippen LogP contribution in [0.1, 0.15) is 13.8 Å². The molecule has 1 heterocycles. The van der Waals surface area contributed by atoms with Crippen LogP contribution in [0.4, 0.5) is 15.9 Å². The van der Waals surface area contributed by atoms with Crippen LogP contribution in [-0.2, 0) is 9.53 Å². The SMILES string of the molecule is CCN(CC(C)OC)c1cc(-c2cc(F)cc(-c3ccc(N(C=O)/C=C\N(C)C)c(Cl)c3)c2O)ccn1. The van der Waals surface area contributed by atoms with E-state index in [4.69, 9.17) is 16.3 Å². The minimum atomic E-state index is -0.509. The number of phenolic OH excluding ortho intramolecular Hbond substituents is 1. The van der Waals surface area contributed by atoms with Gasteiger partial charge in [0.25, 0.3) is 0 Å². The van der Waals surface area contributed by atoms with Gasteiger partial charge in [0.2, 0.25) is 6.41 Å². The average Bonchev–Trinajstić information content (AvgIpc) is 2.89. The number of nitrogens with zero attached hydrogens (tertiary/aromatic N) is 4. The van der Waals surface area contributed by atoms with Crippen LogP contribution in [0.25, 0.3) is 22.3 Å². The van der Waals surface area contributed by atoms with Gasteiger partial charge in [0.05, 0.1) is 16.8 Å². The Morgan fingerprint density at radius 2 is 1.78 bits per heavy atom. The molecule has 196 valence electrons. The van der Waals surface area contributed by atoms with Crippen molar-refractivity contribution < 1.29 is 19.0 Å². The first-order chi connectivity index (χ1) is 17.7. The molecule has 0 bridgehead atoms. The molecule has 37 heavy (non-hydrogen) atoms. The fourth-order valence-corrected chi connectivity index (χ4v) is 4.11. The van der Waals surface area contributed by atoms with E-state index in [1.165, 1.54) is 17.0 Å². The van der Waals surface area contributed by atoms with Gasteiger partial charge in [0.15, 0.2) is 0 Å². The van der Waals surface area contributed by atoms with Crippen LogP contribution >= 0.6 is 11.6 Å². The van der Waals surface area contributed by atoms with Gasteiger partial charge in [-0.1, -0.05) is 17.7 Å². The Bertz CT molecular complexity index is 1270. The van der Waals surface area contributed by atoms with Gasteiger partial charge in [0.1, 0.15) is 17.4 Å². The number of carbonyl (C=O) groups is 1. The molecule has 1 amide bonds. The van der Waals surface area contributed by atoms with Crippen LogP contribution in [0.15, 0.2) is 61.1 Å². The third-order valence-electron chi connectivity index (χ3n) is 5.89. The summed E-state index contributed by atoms with van der Waals surface area (Å²) in [6, 6.07) is 11.0. The number of likely N-dealkylation sites (N-methyl/N-ethyl adjacent to an activating group) is 1. The Hall–Kier alpha value is -3.62. The zero-order chi connectivity index (χ0) is 27.1. The number of phenols is 1. The molecule has 7 nitrogen and oxygen atoms in total. The Labute approximate surface area is 222 Å². The summed E-state index contributed by atoms with van der Waals surface area (Å²) in [5.41, 5.74) is 2.20. The number of rotatable bonds is 11. The van der Waals surface area contributed by atoms with E-state index < -0.39 is 5.82 Å². The number of aromatic hydroxyl groups is 1. The van der Waals surface area contributed by atoms with Crippen LogP contribution in [0.3, 0.4) is 0 Å². The standard InChI is InChI=1S/C28H32ClFN4O3/c1-6-33(17-19(2)37-5)27-14-21(9-10-31-27)24-16-22(30)15-23(28(24)36)20-7-8-26(25(29)13-20)34(18-35)12-11-32(3)4/h7-16,18-19,36H,6,17H2,1-5H3/b12-11-. The van der Waals surface area contributed by atoms with E-state index in [1.807, 2.05) is 34.0 Å². The first-order valence-corrected chi connectivity index (χ1v) is 12.2. The highest BCUT2D eigenvalue weighted by molar-refractivity contribution is 6.34. The summed E-state index contributed by atoms with van der Waals surface area (Å²) in [7, 11) is 5.32. The Morgan fingerprint density at radius 3 is 2.35 bits per heavy atom. The third kappa shape index (κ3) is 6.78. The second-order valence-electron chi connectivity index (χ2n) is 8.78. The van der Waals surface area contributed by atoms with Crippen molar-refractivity contribution in [2.24, 2.45) is 0 Å². The number of anilines is 2. The Morgan fingerprint density at radius 1 is 1.11 bits per heavy atom. The second kappa shape index (κ2) is 12.6. The van der Waals surface area contributed by atoms with Crippen molar-refractivity contribution in [2.75, 3.05) is 44.1 Å². The quantitative estimate of drug-likeness (QED) is 0.320. The van der Waals surface area contributed by atoms with E-state index >= 15 is 0 Å². The molecular weight excluding hydrogens is 495 g/mol. The van der Waals surface area contributed by atoms with Gasteiger partial charge in [0, 0.05) is 64.0 Å². The van der Waals surface area contributed by atoms with Crippen LogP contribution in [-0.4, -0.2) is 61.8 Å². The van der Waals surface area contributed by atoms with Crippen LogP contribution < -0.4 is 9.80 Å². The zero-order valence-corrected chi connectivity index (χ0v) is 22.4. The summed E-state index contributed by atoms with van der Waals surface area (Å²) in [6.07, 6.45) is 5.57. The van der Waals surface area contributed by atoms with E-state index in [1.54, 1.807) is 54.9 Å². The van der Waals surface area contributed by atoms with Crippen molar-refractivity contribution in [1.29, 1.82) is 0 Å². The number of hydrogen-bond donors (Lipinski definition) is 1. The lowest BCUT2D eigenvalue weighted by Crippen LogP contribution is -2.32. The van der Waals surface area contributed by atoms with E-state index in [0.29, 0.717) is 47.7 Å². The molecule has 1 atom stereocenters. The van der Waals surface area contributed by atoms with Crippen molar-refractivity contribution in [1.82, 2.24) is 9.88 Å². The molecular formula is C28H32ClFN4O3. The number of pyridine rings is 1. The second-order valence-corrected chi connectivity index (χ2v) is 9.19. The minimum Gasteiger partial charge on any atom is -0.507 e. The first-order valence-electron chi connectivity index (χ1n) is 11.8. The monoisotopic (exact) mass is 526 g/mol. The molecule has 0 saturated carbocycles. The number of carbonyl (C=O) groups excluding carboxylic acids is 1. The maximum absolute atomic E-state index is 14.8. The molecule has 2 aromatic carbocycles. The largest absolute Gasteiger partial charge is 0.507 e. The molecule has 0 radical (unpaired) electrons. The zero-order valence-electron chi connectivity index (χ0n) is 21.7. The van der Waals surface area contributed by atoms with Gasteiger partial charge in [-0.2, -0.15) is 0 Å². The number of methoxy groups -OCH3 is 1. The number of amides is 1. The van der Waals surface area contributed by atoms with Crippen molar-refractivity contribution in [2.45, 2.75) is 20.0 Å². The molecule has 9 heteroatoms. The lowest BCUT2D eigenvalue weighted by Gasteiger charge is -2.25. The Kier molecular flexibility index (Phi) is 9.49. The number of aromatic nitrogens is 1. The molecule has 0 aliphatic heterocycles. The molecule has 1 unspecified atom stereocenters. The number of ether oxygens (including phenoxy) is 1. The highest BCUT2D eigenvalue weighted by atomic mass is 35.5. The van der Waals surface area contributed by atoms with Gasteiger partial charge < -0.3 is 19.6 Å². The van der Waals surface area contributed by atoms with Gasteiger partial charge in [-0.3, -0.25) is 9.69 Å². The summed E-state index contributed by atoms with van der Waals surface area (Å²) in [5.74, 6) is 0.0989. The fraction of sp³-hybridized carbons (Fsp3) is 0.286. The number of hydrogen-bond acceptors (Lipinski definition) is 6. The summed E-state index contributed by atoms with van der Waals surface area (Å²) in [5, 5.41) is 11.5. The van der Waals surface area contributed by atoms with Crippen LogP contribution in [0.2, 0.25) is 5.02 Å². The molecule has 3 rings (SSSR count). The topological polar surface area (TPSA) is 69.1 Å². The van der Waals surface area contributed by atoms with Gasteiger partial charge in [-0.25, -0.2) is 9.37 Å². The molecule has 0 aliphatic carbocycles. The summed E-state index contributed by atoms with van der Waals surface area (Å²) >= 11 is 6.49. The lowest BCUT2D eigenvalue weighted by atomic mass is 9.97. The third-order valence-corrected chi connectivity index (χ3v) is 6.20. The predicted molar refractivity (Wildman–Crippen MR) is 147 cm³/mol. The van der Waals surface area contributed by atoms with E-state index in [2.05, 4.69) is 9.88 Å². The first kappa shape index (κ1) is 28.0. The van der Waals surface area contributed by atoms with Crippen LogP contribution in [0.5, 0.6) is 5.75 Å². The summed E-state index contributed by atoms with van der Waals surface area (Å²) in [6.45, 7) is 5.33. The number of benzene rings is 2. The smallest absolute Gasteiger partial charge is 0.218 e. The maximum atomic E-state index is 14.8. The molecule has 3 aromatic rings. The molecule has 0 spiro atoms. The highest BCUT2D eigenvalue weighted by Crippen LogP contribution is 2.41. The highest BCUT2D eigenvalue weighted by Gasteiger charge is 2.18. The molecule has 0 fully saturated rings. The fourth-order valence-electron chi connectivity index (χ4n) is 3.83. The van der Waals surface area contributed by atoms with Crippen LogP contribution in [0, 0.1) is 5.82 Å². The normalized spacial score (nSPS) is 12.0. The predicted octanol–water partition coefficient (Wildman–Crippen LogP) is 5.77. The van der Waals surface area contributed by atoms with Crippen molar-refractivity contribution in [3.63, 3.8) is 0 Å². The summed E-state index contributed by atoms with van der Waals surface area (Å²) in [4.78, 5) is 21.2. The van der Waals surface area contributed by atoms with Crippen molar-refractivity contribution in [3.05, 3.63) is 71.9 Å².